The zero-order chi connectivity index (χ0) is 74.6. The van der Waals surface area contributed by atoms with Crippen molar-refractivity contribution in [1.82, 2.24) is 48.8 Å². The number of aliphatic carboxylic acids is 1. The Hall–Kier alpha value is -10.8. The number of carbonyl (C=O) groups is 4. The SMILES string of the molecule is C1CCOC1.COC(=O)[C@H](Cc1ccc(-n2c(=O)c3cnccc3n(C)c2=O)c2ncccc12)NC(=O)c1c(C)cc(N2CCOC[C@@H]2C(F)(F)F)cc1F.Cc1cc(N2CCOC[C@@H]2C(F)(F)F)cc(F)c1C(=O)N[C@@H](Cc1ccc(-n2c(=O)c3cnccc3n(C)c2=O)c2ncccc12)C(=O)O.[Li+].[OH-]. The molecular weight excluding hydrogens is 1400 g/mol. The van der Waals surface area contributed by atoms with Gasteiger partial charge in [-0.05, 0) is 110 Å². The minimum Gasteiger partial charge on any atom is -0.870 e. The van der Waals surface area contributed by atoms with E-state index in [9.17, 15) is 69.8 Å². The summed E-state index contributed by atoms with van der Waals surface area (Å²) in [6, 6.07) is 12.8. The minimum absolute atomic E-state index is 0. The minimum atomic E-state index is -4.65. The number of carbonyl (C=O) groups excluding carboxylic acids is 3. The second-order valence-corrected chi connectivity index (χ2v) is 24.6. The maximum Gasteiger partial charge on any atom is 1.00 e. The molecule has 13 rings (SSSR count). The van der Waals surface area contributed by atoms with E-state index in [1.165, 1.54) is 123 Å². The first-order valence-electron chi connectivity index (χ1n) is 32.4. The Kier molecular flexibility index (Phi) is 24.8. The number of pyridine rings is 4. The van der Waals surface area contributed by atoms with Gasteiger partial charge in [-0.25, -0.2) is 37.1 Å². The molecule has 4 atom stereocenters. The number of benzene rings is 4. The van der Waals surface area contributed by atoms with E-state index in [0.29, 0.717) is 32.9 Å². The number of methoxy groups -OCH3 is 1. The molecule has 3 saturated heterocycles. The number of carboxylic acids is 1. The summed E-state index contributed by atoms with van der Waals surface area (Å²) < 4.78 is 137. The van der Waals surface area contributed by atoms with Crippen molar-refractivity contribution < 1.29 is 103 Å². The van der Waals surface area contributed by atoms with E-state index in [1.54, 1.807) is 36.4 Å². The van der Waals surface area contributed by atoms with Crippen molar-refractivity contribution in [3.8, 4) is 11.4 Å². The van der Waals surface area contributed by atoms with Crippen LogP contribution >= 0.6 is 0 Å². The molecular formula is C71H67F8LiN12O14. The van der Waals surface area contributed by atoms with Crippen molar-refractivity contribution in [2.24, 2.45) is 14.1 Å². The fourth-order valence-electron chi connectivity index (χ4n) is 12.9. The van der Waals surface area contributed by atoms with Gasteiger partial charge in [0.1, 0.15) is 35.8 Å². The number of nitrogens with one attached hydrogen (secondary N) is 2. The Morgan fingerprint density at radius 3 is 1.38 bits per heavy atom. The molecule has 4 aromatic carbocycles. The molecule has 26 nitrogen and oxygen atoms in total. The summed E-state index contributed by atoms with van der Waals surface area (Å²) >= 11 is 0. The molecule has 106 heavy (non-hydrogen) atoms. The molecule has 0 bridgehead atoms. The molecule has 3 fully saturated rings. The van der Waals surface area contributed by atoms with E-state index in [1.807, 2.05) is 0 Å². The summed E-state index contributed by atoms with van der Waals surface area (Å²) in [6.45, 7) is 3.18. The quantitative estimate of drug-likeness (QED) is 0.0778. The van der Waals surface area contributed by atoms with Crippen LogP contribution in [0.2, 0.25) is 0 Å². The molecule has 0 spiro atoms. The van der Waals surface area contributed by atoms with Gasteiger partial charge < -0.3 is 50.0 Å². The molecule has 552 valence electrons. The van der Waals surface area contributed by atoms with E-state index in [2.05, 4.69) is 30.6 Å². The summed E-state index contributed by atoms with van der Waals surface area (Å²) in [6.07, 6.45) is 1.33. The van der Waals surface area contributed by atoms with Gasteiger partial charge in [0.2, 0.25) is 0 Å². The average molecular weight is 1470 g/mol. The van der Waals surface area contributed by atoms with Crippen LogP contribution in [-0.4, -0.2) is 169 Å². The zero-order valence-electron chi connectivity index (χ0n) is 57.6. The molecule has 4 N–H and O–H groups in total. The van der Waals surface area contributed by atoms with Gasteiger partial charge >= 0.3 is 54.5 Å². The standard InChI is InChI=1S/C34H30F4N6O6.C33H28F4N6O6.C4H8O.Li.H2O/c1-18-13-20(43-11-12-50-17-27(43)34(36,37)38)15-23(35)28(18)30(45)41-24(32(47)49-3)14-19-6-7-26(29-21(19)5-4-9-40-29)44-31(46)22-16-39-10-8-25(22)42(2)33(44)48;1-17-12-19(42-10-11-49-16-26(42)33(35,36)37)14-22(34)27(17)29(44)40-23(31(46)47)13-18-5-6-25(28-20(18)4-3-8-39-28)43-30(45)21-15-38-9-7-24(21)41(2)32(43)48;1-2-4-5-3-1;;/h4-10,13,15-16,24,27H,11-12,14,17H2,1-3H3,(H,41,45);3-9,12,14-15,23,26H,10-11,13,16H2,1-2H3,(H,40,44)(H,46,47);1-4H2;;1H2/q;;;+1;/p-1/t24-,27+;23-,26+;;;/m00.../s1. The zero-order valence-corrected chi connectivity index (χ0v) is 57.6. The number of alkyl halides is 6. The van der Waals surface area contributed by atoms with Crippen molar-refractivity contribution in [2.75, 3.05) is 69.6 Å². The van der Waals surface area contributed by atoms with Crippen LogP contribution in [0.1, 0.15) is 55.8 Å². The van der Waals surface area contributed by atoms with Gasteiger partial charge in [0.05, 0.1) is 88.9 Å². The third kappa shape index (κ3) is 16.4. The van der Waals surface area contributed by atoms with Crippen LogP contribution in [0, 0.1) is 25.5 Å². The molecule has 3 aliphatic rings. The van der Waals surface area contributed by atoms with E-state index in [0.717, 1.165) is 51.4 Å². The monoisotopic (exact) mass is 1470 g/mol. The number of amides is 2. The molecule has 3 aliphatic heterocycles. The molecule has 6 aromatic heterocycles. The molecule has 0 radical (unpaired) electrons. The smallest absolute Gasteiger partial charge is 0.870 e. The van der Waals surface area contributed by atoms with Crippen molar-refractivity contribution >= 4 is 78.7 Å². The number of anilines is 2. The summed E-state index contributed by atoms with van der Waals surface area (Å²) in [4.78, 5) is 125. The summed E-state index contributed by atoms with van der Waals surface area (Å²) in [5.41, 5.74) is -1.22. The molecule has 9 heterocycles. The van der Waals surface area contributed by atoms with Gasteiger partial charge in [-0.1, -0.05) is 24.3 Å². The predicted octanol–water partition coefficient (Wildman–Crippen LogP) is 4.26. The Bertz CT molecular complexity index is 5210. The first kappa shape index (κ1) is 79.4. The first-order valence-corrected chi connectivity index (χ1v) is 32.4. The van der Waals surface area contributed by atoms with Crippen molar-refractivity contribution in [2.45, 2.75) is 76.1 Å². The van der Waals surface area contributed by atoms with E-state index in [4.69, 9.17) is 18.9 Å². The fourth-order valence-corrected chi connectivity index (χ4v) is 12.9. The third-order valence-electron chi connectivity index (χ3n) is 18.0. The van der Waals surface area contributed by atoms with Gasteiger partial charge in [-0.15, -0.1) is 0 Å². The molecule has 0 saturated carbocycles. The largest absolute Gasteiger partial charge is 1.00 e. The van der Waals surface area contributed by atoms with Gasteiger partial charge in [0, 0.05) is 113 Å². The molecule has 2 amide bonds. The Balaban J connectivity index is 0.000000226. The summed E-state index contributed by atoms with van der Waals surface area (Å²) in [5, 5.41) is 16.1. The number of hydrogen-bond donors (Lipinski definition) is 3. The fraction of sp³-hybridized carbons (Fsp3) is 0.324. The molecule has 0 unspecified atom stereocenters. The number of esters is 1. The maximum absolute atomic E-state index is 15.5. The van der Waals surface area contributed by atoms with Crippen LogP contribution in [0.5, 0.6) is 0 Å². The Morgan fingerprint density at radius 1 is 0.585 bits per heavy atom. The number of morpholine rings is 2. The number of aromatic nitrogens is 8. The van der Waals surface area contributed by atoms with Crippen LogP contribution in [0.25, 0.3) is 55.0 Å². The molecule has 35 heteroatoms. The number of rotatable bonds is 14. The number of ether oxygens (including phenoxy) is 4. The van der Waals surface area contributed by atoms with Crippen LogP contribution < -0.4 is 61.8 Å². The van der Waals surface area contributed by atoms with Crippen molar-refractivity contribution in [3.63, 3.8) is 0 Å². The predicted molar refractivity (Wildman–Crippen MR) is 366 cm³/mol. The normalized spacial score (nSPS) is 15.8. The van der Waals surface area contributed by atoms with Crippen LogP contribution in [-0.2, 0) is 55.5 Å². The second kappa shape index (κ2) is 33.1. The second-order valence-electron chi connectivity index (χ2n) is 24.6. The van der Waals surface area contributed by atoms with Gasteiger partial charge in [-0.3, -0.25) is 48.2 Å². The van der Waals surface area contributed by atoms with E-state index in [-0.39, 0.29) is 119 Å². The van der Waals surface area contributed by atoms with Crippen LogP contribution in [0.4, 0.5) is 46.5 Å². The van der Waals surface area contributed by atoms with Crippen molar-refractivity contribution in [1.29, 1.82) is 0 Å². The first-order chi connectivity index (χ1) is 49.6. The molecule has 0 aliphatic carbocycles. The van der Waals surface area contributed by atoms with Crippen molar-refractivity contribution in [3.05, 3.63) is 209 Å². The number of hydrogen-bond acceptors (Lipinski definition) is 19. The van der Waals surface area contributed by atoms with Crippen LogP contribution in [0.3, 0.4) is 0 Å². The van der Waals surface area contributed by atoms with Gasteiger partial charge in [0.25, 0.3) is 22.9 Å². The topological polar surface area (TPSA) is 326 Å². The van der Waals surface area contributed by atoms with Gasteiger partial charge in [-0.2, -0.15) is 26.3 Å². The number of carboxylic acid groups (broad SMARTS) is 1. The Morgan fingerprint density at radius 2 is 1.00 bits per heavy atom. The van der Waals surface area contributed by atoms with Crippen LogP contribution in [0.15, 0.2) is 141 Å². The van der Waals surface area contributed by atoms with E-state index < -0.39 is 119 Å². The number of halogens is 8. The van der Waals surface area contributed by atoms with Gasteiger partial charge in [0.15, 0.2) is 0 Å². The Labute approximate surface area is 607 Å². The number of fused-ring (bicyclic) bond motifs is 4. The third-order valence-corrected chi connectivity index (χ3v) is 18.0. The summed E-state index contributed by atoms with van der Waals surface area (Å²) in [5.74, 6) is -6.58. The maximum atomic E-state index is 15.5. The summed E-state index contributed by atoms with van der Waals surface area (Å²) in [7, 11) is 4.14. The average Bonchev–Trinajstić information content (AvgIpc) is 0.812. The van der Waals surface area contributed by atoms with E-state index >= 15 is 8.78 Å². The molecule has 10 aromatic rings. The number of aryl methyl sites for hydroxylation is 4. The number of nitrogens with zero attached hydrogens (tertiary/aromatic N) is 10.